The van der Waals surface area contributed by atoms with E-state index in [0.29, 0.717) is 17.3 Å². The molecule has 5 nitrogen and oxygen atoms in total. The third-order valence-electron chi connectivity index (χ3n) is 4.89. The van der Waals surface area contributed by atoms with E-state index in [9.17, 15) is 9.90 Å². The lowest BCUT2D eigenvalue weighted by atomic mass is 9.91. The van der Waals surface area contributed by atoms with Crippen LogP contribution in [-0.2, 0) is 30.5 Å². The lowest BCUT2D eigenvalue weighted by Gasteiger charge is -2.20. The molecule has 2 aromatic carbocycles. The number of nitrogens with zero attached hydrogens (tertiary/aromatic N) is 2. The van der Waals surface area contributed by atoms with Crippen LogP contribution in [0.4, 0.5) is 5.82 Å². The highest BCUT2D eigenvalue weighted by Gasteiger charge is 2.22. The van der Waals surface area contributed by atoms with Crippen molar-refractivity contribution in [2.45, 2.75) is 32.6 Å². The van der Waals surface area contributed by atoms with Gasteiger partial charge in [0.1, 0.15) is 5.75 Å². The third kappa shape index (κ3) is 3.71. The zero-order chi connectivity index (χ0) is 19.7. The van der Waals surface area contributed by atoms with Crippen LogP contribution in [0.15, 0.2) is 42.5 Å². The van der Waals surface area contributed by atoms with Crippen LogP contribution in [0.25, 0.3) is 11.3 Å². The Morgan fingerprint density at radius 1 is 1.14 bits per heavy atom. The fourth-order valence-corrected chi connectivity index (χ4v) is 3.60. The van der Waals surface area contributed by atoms with Crippen LogP contribution in [0.3, 0.4) is 0 Å². The van der Waals surface area contributed by atoms with Gasteiger partial charge in [0.25, 0.3) is 0 Å². The number of aromatic hydroxyl groups is 1. The van der Waals surface area contributed by atoms with Gasteiger partial charge in [0.2, 0.25) is 5.91 Å². The molecule has 6 heteroatoms. The summed E-state index contributed by atoms with van der Waals surface area (Å²) in [5.41, 5.74) is 5.43. The van der Waals surface area contributed by atoms with Crippen LogP contribution in [0, 0.1) is 0 Å². The molecular weight excluding hydrogens is 374 g/mol. The quantitative estimate of drug-likeness (QED) is 0.691. The number of amides is 1. The van der Waals surface area contributed by atoms with Gasteiger partial charge < -0.3 is 10.4 Å². The fraction of sp³-hybridized carbons (Fsp3) is 0.227. The largest absolute Gasteiger partial charge is 0.508 e. The molecule has 1 amide bonds. The van der Waals surface area contributed by atoms with Crippen molar-refractivity contribution in [3.63, 3.8) is 0 Å². The van der Waals surface area contributed by atoms with Crippen molar-refractivity contribution >= 4 is 23.3 Å². The summed E-state index contributed by atoms with van der Waals surface area (Å²) in [5, 5.41) is 13.3. The predicted octanol–water partition coefficient (Wildman–Crippen LogP) is 4.34. The number of fused-ring (bicyclic) bond motifs is 3. The van der Waals surface area contributed by atoms with E-state index >= 15 is 0 Å². The summed E-state index contributed by atoms with van der Waals surface area (Å²) < 4.78 is 0. The molecule has 0 aliphatic heterocycles. The molecule has 1 aromatic heterocycles. The monoisotopic (exact) mass is 393 g/mol. The number of aryl methyl sites for hydroxylation is 3. The average Bonchev–Trinajstić information content (AvgIpc) is 2.68. The topological polar surface area (TPSA) is 75.1 Å². The van der Waals surface area contributed by atoms with Crippen molar-refractivity contribution < 1.29 is 9.90 Å². The van der Waals surface area contributed by atoms with E-state index in [4.69, 9.17) is 21.6 Å². The van der Waals surface area contributed by atoms with E-state index in [1.54, 1.807) is 24.3 Å². The Morgan fingerprint density at radius 3 is 2.68 bits per heavy atom. The summed E-state index contributed by atoms with van der Waals surface area (Å²) in [7, 11) is 0. The van der Waals surface area contributed by atoms with Gasteiger partial charge in [-0.3, -0.25) is 4.79 Å². The number of phenols is 1. The van der Waals surface area contributed by atoms with E-state index in [1.807, 2.05) is 25.1 Å². The van der Waals surface area contributed by atoms with Gasteiger partial charge in [-0.1, -0.05) is 30.7 Å². The molecular formula is C22H20ClN3O2. The molecule has 0 saturated heterocycles. The van der Waals surface area contributed by atoms with Gasteiger partial charge in [0.15, 0.2) is 5.82 Å². The molecule has 1 aliphatic rings. The molecule has 0 bridgehead atoms. The molecule has 142 valence electrons. The van der Waals surface area contributed by atoms with E-state index in [2.05, 4.69) is 5.32 Å². The van der Waals surface area contributed by atoms with Gasteiger partial charge >= 0.3 is 0 Å². The molecule has 28 heavy (non-hydrogen) atoms. The minimum absolute atomic E-state index is 0.132. The average molecular weight is 394 g/mol. The summed E-state index contributed by atoms with van der Waals surface area (Å²) >= 11 is 5.90. The predicted molar refractivity (Wildman–Crippen MR) is 110 cm³/mol. The number of phenolic OH excluding ortho intramolecular Hbond substituents is 1. The van der Waals surface area contributed by atoms with Gasteiger partial charge in [-0.15, -0.1) is 0 Å². The Bertz CT molecular complexity index is 1050. The Kier molecular flexibility index (Phi) is 5.01. The van der Waals surface area contributed by atoms with Crippen molar-refractivity contribution in [1.82, 2.24) is 9.97 Å². The van der Waals surface area contributed by atoms with Gasteiger partial charge in [-0.05, 0) is 60.7 Å². The van der Waals surface area contributed by atoms with Crippen LogP contribution in [0.2, 0.25) is 5.02 Å². The van der Waals surface area contributed by atoms with Crippen molar-refractivity contribution in [3.05, 3.63) is 70.0 Å². The van der Waals surface area contributed by atoms with Crippen molar-refractivity contribution in [2.24, 2.45) is 0 Å². The normalized spacial score (nSPS) is 12.2. The molecule has 4 rings (SSSR count). The molecule has 0 atom stereocenters. The summed E-state index contributed by atoms with van der Waals surface area (Å²) in [6, 6.07) is 12.6. The summed E-state index contributed by atoms with van der Waals surface area (Å²) in [5.74, 6) is 0.659. The highest BCUT2D eigenvalue weighted by molar-refractivity contribution is 6.30. The molecule has 0 radical (unpaired) electrons. The highest BCUT2D eigenvalue weighted by Crippen LogP contribution is 2.34. The maximum atomic E-state index is 12.5. The van der Waals surface area contributed by atoms with Crippen molar-refractivity contribution in [2.75, 3.05) is 5.32 Å². The molecule has 0 spiro atoms. The molecule has 3 aromatic rings. The maximum Gasteiger partial charge on any atom is 0.229 e. The third-order valence-corrected chi connectivity index (χ3v) is 5.14. The summed E-state index contributed by atoms with van der Waals surface area (Å²) in [6.45, 7) is 1.99. The van der Waals surface area contributed by atoms with E-state index in [0.717, 1.165) is 46.6 Å². The number of carbonyl (C=O) groups is 1. The Balaban J connectivity index is 1.61. The molecule has 0 fully saturated rings. The van der Waals surface area contributed by atoms with E-state index in [-0.39, 0.29) is 18.1 Å². The Morgan fingerprint density at radius 2 is 1.93 bits per heavy atom. The Labute approximate surface area is 168 Å². The second-order valence-corrected chi connectivity index (χ2v) is 7.30. The Hall–Kier alpha value is -2.92. The van der Waals surface area contributed by atoms with Gasteiger partial charge in [0.05, 0.1) is 23.5 Å². The molecule has 2 N–H and O–H groups in total. The number of aromatic nitrogens is 2. The number of hydrogen-bond acceptors (Lipinski definition) is 4. The number of benzene rings is 2. The number of rotatable bonds is 4. The lowest BCUT2D eigenvalue weighted by molar-refractivity contribution is -0.115. The maximum absolute atomic E-state index is 12.5. The fourth-order valence-electron chi connectivity index (χ4n) is 3.48. The minimum atomic E-state index is -0.132. The number of anilines is 1. The SMILES string of the molecule is CCc1nc2c(nc1NC(=O)Cc1ccc(Cl)cc1)CCc1cc(O)ccc1-2. The lowest BCUT2D eigenvalue weighted by Crippen LogP contribution is -2.19. The first-order valence-corrected chi connectivity index (χ1v) is 9.67. The summed E-state index contributed by atoms with van der Waals surface area (Å²) in [4.78, 5) is 22.0. The summed E-state index contributed by atoms with van der Waals surface area (Å²) in [6.07, 6.45) is 2.42. The first-order chi connectivity index (χ1) is 13.5. The van der Waals surface area contributed by atoms with Crippen LogP contribution in [-0.4, -0.2) is 21.0 Å². The number of hydrogen-bond donors (Lipinski definition) is 2. The second-order valence-electron chi connectivity index (χ2n) is 6.86. The van der Waals surface area contributed by atoms with Crippen molar-refractivity contribution in [3.8, 4) is 17.0 Å². The van der Waals surface area contributed by atoms with Gasteiger partial charge in [-0.25, -0.2) is 9.97 Å². The zero-order valence-corrected chi connectivity index (χ0v) is 16.3. The van der Waals surface area contributed by atoms with Gasteiger partial charge in [-0.2, -0.15) is 0 Å². The molecule has 1 aliphatic carbocycles. The minimum Gasteiger partial charge on any atom is -0.508 e. The number of carbonyl (C=O) groups excluding carboxylic acids is 1. The highest BCUT2D eigenvalue weighted by atomic mass is 35.5. The number of halogens is 1. The van der Waals surface area contributed by atoms with Gasteiger partial charge in [0, 0.05) is 10.6 Å². The molecule has 0 unspecified atom stereocenters. The first-order valence-electron chi connectivity index (χ1n) is 9.30. The van der Waals surface area contributed by atoms with Crippen molar-refractivity contribution in [1.29, 1.82) is 0 Å². The van der Waals surface area contributed by atoms with Crippen LogP contribution >= 0.6 is 11.6 Å². The smallest absolute Gasteiger partial charge is 0.229 e. The van der Waals surface area contributed by atoms with E-state index in [1.165, 1.54) is 0 Å². The number of nitrogens with one attached hydrogen (secondary N) is 1. The van der Waals surface area contributed by atoms with Crippen LogP contribution in [0.5, 0.6) is 5.75 Å². The molecule has 0 saturated carbocycles. The standard InChI is InChI=1S/C22H20ClN3O2/c1-2-18-22(26-20(28)11-13-3-6-15(23)7-4-13)25-19-10-5-14-12-16(27)8-9-17(14)21(19)24-18/h3-4,6-9,12,27H,2,5,10-11H2,1H3,(H,25,26,28). The van der Waals surface area contributed by atoms with Crippen LogP contribution < -0.4 is 5.32 Å². The second kappa shape index (κ2) is 7.60. The molecule has 1 heterocycles. The van der Waals surface area contributed by atoms with E-state index < -0.39 is 0 Å². The zero-order valence-electron chi connectivity index (χ0n) is 15.5. The van der Waals surface area contributed by atoms with Crippen LogP contribution in [0.1, 0.15) is 29.4 Å². The first kappa shape index (κ1) is 18.4.